The summed E-state index contributed by atoms with van der Waals surface area (Å²) in [7, 11) is 0. The van der Waals surface area contributed by atoms with Gasteiger partial charge < -0.3 is 16.8 Å². The van der Waals surface area contributed by atoms with Gasteiger partial charge in [0.2, 0.25) is 5.91 Å². The van der Waals surface area contributed by atoms with Crippen molar-refractivity contribution < 1.29 is 4.79 Å². The molecule has 4 nitrogen and oxygen atoms in total. The van der Waals surface area contributed by atoms with Gasteiger partial charge in [-0.05, 0) is 50.4 Å². The summed E-state index contributed by atoms with van der Waals surface area (Å²) in [6.45, 7) is 4.56. The Balaban J connectivity index is 2.07. The second-order valence-corrected chi connectivity index (χ2v) is 6.87. The van der Waals surface area contributed by atoms with E-state index in [1.54, 1.807) is 0 Å². The second kappa shape index (κ2) is 6.44. The smallest absolute Gasteiger partial charge is 0.227 e. The van der Waals surface area contributed by atoms with Crippen LogP contribution in [0, 0.1) is 17.3 Å². The van der Waals surface area contributed by atoms with E-state index in [9.17, 15) is 4.79 Å². The molecule has 2 rings (SSSR count). The molecular formula is C16H31N3O. The minimum atomic E-state index is -0.381. The quantitative estimate of drug-likeness (QED) is 0.718. The third-order valence-electron chi connectivity index (χ3n) is 5.90. The molecule has 0 aliphatic heterocycles. The van der Waals surface area contributed by atoms with Crippen molar-refractivity contribution in [2.45, 2.75) is 70.9 Å². The molecule has 5 N–H and O–H groups in total. The van der Waals surface area contributed by atoms with Crippen molar-refractivity contribution in [2.75, 3.05) is 6.54 Å². The molecule has 2 bridgehead atoms. The molecule has 0 radical (unpaired) electrons. The van der Waals surface area contributed by atoms with Crippen LogP contribution in [0.2, 0.25) is 0 Å². The average molecular weight is 281 g/mol. The first kappa shape index (κ1) is 15.8. The lowest BCUT2D eigenvalue weighted by Crippen LogP contribution is -2.57. The van der Waals surface area contributed by atoms with E-state index in [1.807, 2.05) is 0 Å². The molecule has 116 valence electrons. The van der Waals surface area contributed by atoms with E-state index in [2.05, 4.69) is 19.2 Å². The summed E-state index contributed by atoms with van der Waals surface area (Å²) in [5.41, 5.74) is 11.7. The van der Waals surface area contributed by atoms with Gasteiger partial charge >= 0.3 is 0 Å². The molecule has 0 spiro atoms. The fourth-order valence-electron chi connectivity index (χ4n) is 4.28. The van der Waals surface area contributed by atoms with Gasteiger partial charge in [0, 0.05) is 18.6 Å². The number of rotatable bonds is 5. The molecule has 2 unspecified atom stereocenters. The first-order valence-electron chi connectivity index (χ1n) is 8.33. The Morgan fingerprint density at radius 2 is 1.75 bits per heavy atom. The Hall–Kier alpha value is -0.610. The van der Waals surface area contributed by atoms with Gasteiger partial charge in [-0.3, -0.25) is 4.79 Å². The Labute approximate surface area is 123 Å². The van der Waals surface area contributed by atoms with Crippen LogP contribution < -0.4 is 16.8 Å². The Bertz CT molecular complexity index is 318. The fraction of sp³-hybridized carbons (Fsp3) is 0.938. The number of amides is 1. The van der Waals surface area contributed by atoms with Crippen LogP contribution in [-0.4, -0.2) is 24.5 Å². The van der Waals surface area contributed by atoms with Crippen LogP contribution >= 0.6 is 0 Å². The van der Waals surface area contributed by atoms with E-state index < -0.39 is 0 Å². The van der Waals surface area contributed by atoms with Gasteiger partial charge in [0.15, 0.2) is 0 Å². The van der Waals surface area contributed by atoms with E-state index in [4.69, 9.17) is 11.5 Å². The van der Waals surface area contributed by atoms with Gasteiger partial charge in [0.1, 0.15) is 0 Å². The fourth-order valence-corrected chi connectivity index (χ4v) is 4.28. The number of hydrogen-bond donors (Lipinski definition) is 3. The van der Waals surface area contributed by atoms with Crippen molar-refractivity contribution in [3.05, 3.63) is 0 Å². The molecule has 2 fully saturated rings. The summed E-state index contributed by atoms with van der Waals surface area (Å²) in [5.74, 6) is 1.32. The van der Waals surface area contributed by atoms with E-state index in [-0.39, 0.29) is 11.3 Å². The minimum absolute atomic E-state index is 0.169. The number of carbonyl (C=O) groups is 1. The minimum Gasteiger partial charge on any atom is -0.352 e. The van der Waals surface area contributed by atoms with Crippen molar-refractivity contribution in [1.29, 1.82) is 0 Å². The Kier molecular flexibility index (Phi) is 5.08. The summed E-state index contributed by atoms with van der Waals surface area (Å²) < 4.78 is 0. The standard InChI is InChI=1S/C16H31N3O/c1-3-16(4-2,10-17)15(20)19-14-11-6-5-7-12(14)9-13(18)8-11/h11-14H,3-10,17-18H2,1-2H3,(H,19,20). The van der Waals surface area contributed by atoms with Crippen LogP contribution in [0.3, 0.4) is 0 Å². The number of nitrogens with two attached hydrogens (primary N) is 2. The van der Waals surface area contributed by atoms with Crippen LogP contribution in [0.15, 0.2) is 0 Å². The zero-order valence-electron chi connectivity index (χ0n) is 13.0. The van der Waals surface area contributed by atoms with E-state index in [1.165, 1.54) is 19.3 Å². The molecule has 2 saturated carbocycles. The maximum atomic E-state index is 12.7. The molecule has 20 heavy (non-hydrogen) atoms. The zero-order chi connectivity index (χ0) is 14.8. The van der Waals surface area contributed by atoms with Gasteiger partial charge in [-0.15, -0.1) is 0 Å². The largest absolute Gasteiger partial charge is 0.352 e. The summed E-state index contributed by atoms with van der Waals surface area (Å²) in [6, 6.07) is 0.662. The topological polar surface area (TPSA) is 81.1 Å². The third-order valence-corrected chi connectivity index (χ3v) is 5.90. The van der Waals surface area contributed by atoms with Gasteiger partial charge in [0.05, 0.1) is 5.41 Å². The monoisotopic (exact) mass is 281 g/mol. The molecule has 0 aromatic carbocycles. The van der Waals surface area contributed by atoms with Gasteiger partial charge in [0.25, 0.3) is 0 Å². The molecule has 2 aliphatic rings. The van der Waals surface area contributed by atoms with Gasteiger partial charge in [-0.25, -0.2) is 0 Å². The van der Waals surface area contributed by atoms with Gasteiger partial charge in [-0.2, -0.15) is 0 Å². The van der Waals surface area contributed by atoms with Crippen LogP contribution in [0.5, 0.6) is 0 Å². The molecular weight excluding hydrogens is 250 g/mol. The van der Waals surface area contributed by atoms with Crippen molar-refractivity contribution in [2.24, 2.45) is 28.7 Å². The molecule has 0 aromatic heterocycles. The van der Waals surface area contributed by atoms with Crippen LogP contribution in [-0.2, 0) is 4.79 Å². The van der Waals surface area contributed by atoms with Crippen LogP contribution in [0.25, 0.3) is 0 Å². The Morgan fingerprint density at radius 1 is 1.20 bits per heavy atom. The maximum absolute atomic E-state index is 12.7. The first-order valence-corrected chi connectivity index (χ1v) is 8.33. The van der Waals surface area contributed by atoms with E-state index >= 15 is 0 Å². The van der Waals surface area contributed by atoms with Crippen molar-refractivity contribution in [1.82, 2.24) is 5.32 Å². The Morgan fingerprint density at radius 3 is 2.20 bits per heavy atom. The molecule has 2 atom stereocenters. The highest BCUT2D eigenvalue weighted by Gasteiger charge is 2.42. The predicted octanol–water partition coefficient (Wildman–Crippen LogP) is 1.77. The number of carbonyl (C=O) groups excluding carboxylic acids is 1. The summed E-state index contributed by atoms with van der Waals surface area (Å²) in [6.07, 6.45) is 7.47. The van der Waals surface area contributed by atoms with E-state index in [0.29, 0.717) is 30.5 Å². The molecule has 1 amide bonds. The van der Waals surface area contributed by atoms with Crippen molar-refractivity contribution in [3.63, 3.8) is 0 Å². The predicted molar refractivity (Wildman–Crippen MR) is 82.0 cm³/mol. The highest BCUT2D eigenvalue weighted by atomic mass is 16.2. The number of hydrogen-bond acceptors (Lipinski definition) is 3. The normalized spacial score (nSPS) is 33.8. The SMILES string of the molecule is CCC(CC)(CN)C(=O)NC1C2CCCC1CC(N)C2. The maximum Gasteiger partial charge on any atom is 0.227 e. The van der Waals surface area contributed by atoms with E-state index in [0.717, 1.165) is 25.7 Å². The van der Waals surface area contributed by atoms with Crippen molar-refractivity contribution >= 4 is 5.91 Å². The summed E-state index contributed by atoms with van der Waals surface area (Å²) in [4.78, 5) is 12.7. The molecule has 0 saturated heterocycles. The van der Waals surface area contributed by atoms with Crippen LogP contribution in [0.4, 0.5) is 0 Å². The van der Waals surface area contributed by atoms with Crippen molar-refractivity contribution in [3.8, 4) is 0 Å². The lowest BCUT2D eigenvalue weighted by Gasteiger charge is -2.46. The summed E-state index contributed by atoms with van der Waals surface area (Å²) >= 11 is 0. The lowest BCUT2D eigenvalue weighted by atomic mass is 9.66. The molecule has 0 heterocycles. The lowest BCUT2D eigenvalue weighted by molar-refractivity contribution is -0.133. The summed E-state index contributed by atoms with van der Waals surface area (Å²) in [5, 5.41) is 3.36. The highest BCUT2D eigenvalue weighted by Crippen LogP contribution is 2.40. The first-order chi connectivity index (χ1) is 9.56. The molecule has 4 heteroatoms. The van der Waals surface area contributed by atoms with Crippen LogP contribution in [0.1, 0.15) is 58.8 Å². The van der Waals surface area contributed by atoms with Gasteiger partial charge in [-0.1, -0.05) is 20.3 Å². The molecule has 2 aliphatic carbocycles. The number of nitrogens with one attached hydrogen (secondary N) is 1. The zero-order valence-corrected chi connectivity index (χ0v) is 13.0. The molecule has 0 aromatic rings. The average Bonchev–Trinajstić information content (AvgIpc) is 2.42. The second-order valence-electron chi connectivity index (χ2n) is 6.87. The number of fused-ring (bicyclic) bond motifs is 2. The third kappa shape index (κ3) is 2.86. The highest BCUT2D eigenvalue weighted by molar-refractivity contribution is 5.83.